The standard InChI is InChI=1S/C4H6O6S/c5-4(6)10-3-1-9-11(7,8)2-3/h3H,1-2H2,(H,5,6). The van der Waals surface area contributed by atoms with Gasteiger partial charge in [0.25, 0.3) is 10.1 Å². The third-order valence-corrected chi connectivity index (χ3v) is 2.37. The molecular formula is C4H6O6S. The highest BCUT2D eigenvalue weighted by molar-refractivity contribution is 7.87. The van der Waals surface area contributed by atoms with Gasteiger partial charge in [-0.15, -0.1) is 0 Å². The van der Waals surface area contributed by atoms with Gasteiger partial charge in [-0.1, -0.05) is 0 Å². The van der Waals surface area contributed by atoms with Crippen LogP contribution in [0.5, 0.6) is 0 Å². The first-order valence-corrected chi connectivity index (χ1v) is 4.34. The molecule has 0 spiro atoms. The molecular weight excluding hydrogens is 176 g/mol. The fourth-order valence-electron chi connectivity index (χ4n) is 0.714. The molecule has 1 aliphatic rings. The number of carboxylic acid groups (broad SMARTS) is 1. The zero-order chi connectivity index (χ0) is 8.48. The van der Waals surface area contributed by atoms with Crippen molar-refractivity contribution < 1.29 is 27.2 Å². The summed E-state index contributed by atoms with van der Waals surface area (Å²) >= 11 is 0. The van der Waals surface area contributed by atoms with E-state index in [-0.39, 0.29) is 12.4 Å². The number of hydrogen-bond donors (Lipinski definition) is 1. The molecule has 1 heterocycles. The Morgan fingerprint density at radius 1 is 1.64 bits per heavy atom. The van der Waals surface area contributed by atoms with Crippen molar-refractivity contribution in [3.05, 3.63) is 0 Å². The summed E-state index contributed by atoms with van der Waals surface area (Å²) in [7, 11) is -3.53. The van der Waals surface area contributed by atoms with E-state index in [2.05, 4.69) is 8.92 Å². The lowest BCUT2D eigenvalue weighted by Gasteiger charge is -2.02. The maximum atomic E-state index is 10.5. The van der Waals surface area contributed by atoms with E-state index in [1.54, 1.807) is 0 Å². The van der Waals surface area contributed by atoms with E-state index >= 15 is 0 Å². The molecule has 1 unspecified atom stereocenters. The third-order valence-electron chi connectivity index (χ3n) is 1.09. The van der Waals surface area contributed by atoms with Crippen LogP contribution in [-0.4, -0.2) is 38.1 Å². The zero-order valence-corrected chi connectivity index (χ0v) is 6.20. The largest absolute Gasteiger partial charge is 0.506 e. The Morgan fingerprint density at radius 3 is 2.64 bits per heavy atom. The molecule has 64 valence electrons. The van der Waals surface area contributed by atoms with Crippen molar-refractivity contribution in [1.29, 1.82) is 0 Å². The predicted molar refractivity (Wildman–Crippen MR) is 32.6 cm³/mol. The van der Waals surface area contributed by atoms with Gasteiger partial charge in [0, 0.05) is 0 Å². The van der Waals surface area contributed by atoms with Gasteiger partial charge in [-0.3, -0.25) is 4.18 Å². The van der Waals surface area contributed by atoms with Crippen molar-refractivity contribution in [1.82, 2.24) is 0 Å². The van der Waals surface area contributed by atoms with E-state index in [1.807, 2.05) is 0 Å². The minimum Gasteiger partial charge on any atom is -0.450 e. The minimum atomic E-state index is -3.53. The first-order chi connectivity index (χ1) is 4.99. The van der Waals surface area contributed by atoms with Gasteiger partial charge < -0.3 is 9.84 Å². The van der Waals surface area contributed by atoms with Crippen LogP contribution in [0.3, 0.4) is 0 Å². The first kappa shape index (κ1) is 8.28. The topological polar surface area (TPSA) is 89.9 Å². The highest BCUT2D eigenvalue weighted by atomic mass is 32.2. The molecule has 1 fully saturated rings. The van der Waals surface area contributed by atoms with Crippen LogP contribution in [0.4, 0.5) is 4.79 Å². The summed E-state index contributed by atoms with van der Waals surface area (Å²) in [4.78, 5) is 9.89. The Labute approximate surface area is 62.8 Å². The van der Waals surface area contributed by atoms with Crippen LogP contribution < -0.4 is 0 Å². The quantitative estimate of drug-likeness (QED) is 0.430. The van der Waals surface area contributed by atoms with Crippen LogP contribution >= 0.6 is 0 Å². The second-order valence-corrected chi connectivity index (χ2v) is 3.70. The van der Waals surface area contributed by atoms with Crippen molar-refractivity contribution in [2.75, 3.05) is 12.4 Å². The highest BCUT2D eigenvalue weighted by Crippen LogP contribution is 2.11. The first-order valence-electron chi connectivity index (χ1n) is 2.76. The van der Waals surface area contributed by atoms with Gasteiger partial charge in [-0.05, 0) is 0 Å². The second kappa shape index (κ2) is 2.67. The molecule has 0 aromatic heterocycles. The van der Waals surface area contributed by atoms with Gasteiger partial charge in [-0.25, -0.2) is 4.79 Å². The van der Waals surface area contributed by atoms with Crippen LogP contribution in [0.15, 0.2) is 0 Å². The third kappa shape index (κ3) is 2.35. The molecule has 6 nitrogen and oxygen atoms in total. The molecule has 0 bridgehead atoms. The maximum absolute atomic E-state index is 10.5. The zero-order valence-electron chi connectivity index (χ0n) is 5.39. The monoisotopic (exact) mass is 182 g/mol. The smallest absolute Gasteiger partial charge is 0.450 e. The molecule has 1 N–H and O–H groups in total. The SMILES string of the molecule is O=C(O)OC1COS(=O)(=O)C1. The summed E-state index contributed by atoms with van der Waals surface area (Å²) in [5, 5.41) is 8.07. The van der Waals surface area contributed by atoms with E-state index in [0.717, 1.165) is 0 Å². The van der Waals surface area contributed by atoms with Gasteiger partial charge in [0.2, 0.25) is 0 Å². The average molecular weight is 182 g/mol. The summed E-state index contributed by atoms with van der Waals surface area (Å²) in [6.45, 7) is -0.214. The molecule has 11 heavy (non-hydrogen) atoms. The van der Waals surface area contributed by atoms with Crippen molar-refractivity contribution in [3.63, 3.8) is 0 Å². The highest BCUT2D eigenvalue weighted by Gasteiger charge is 2.31. The van der Waals surface area contributed by atoms with Crippen molar-refractivity contribution in [2.24, 2.45) is 0 Å². The van der Waals surface area contributed by atoms with Gasteiger partial charge in [0.15, 0.2) is 0 Å². The van der Waals surface area contributed by atoms with E-state index in [4.69, 9.17) is 5.11 Å². The maximum Gasteiger partial charge on any atom is 0.506 e. The molecule has 1 aliphatic heterocycles. The summed E-state index contributed by atoms with van der Waals surface area (Å²) < 4.78 is 29.5. The Balaban J connectivity index is 2.49. The van der Waals surface area contributed by atoms with Crippen molar-refractivity contribution in [2.45, 2.75) is 6.10 Å². The molecule has 1 atom stereocenters. The van der Waals surface area contributed by atoms with Gasteiger partial charge in [0.05, 0.1) is 0 Å². The average Bonchev–Trinajstić information content (AvgIpc) is 2.08. The van der Waals surface area contributed by atoms with E-state index in [0.29, 0.717) is 0 Å². The fraction of sp³-hybridized carbons (Fsp3) is 0.750. The van der Waals surface area contributed by atoms with E-state index < -0.39 is 22.4 Å². The molecule has 0 radical (unpaired) electrons. The lowest BCUT2D eigenvalue weighted by molar-refractivity contribution is 0.0511. The number of ether oxygens (including phenoxy) is 1. The molecule has 0 aliphatic carbocycles. The van der Waals surface area contributed by atoms with Crippen molar-refractivity contribution in [3.8, 4) is 0 Å². The van der Waals surface area contributed by atoms with E-state index in [9.17, 15) is 13.2 Å². The Hall–Kier alpha value is -0.820. The van der Waals surface area contributed by atoms with Crippen molar-refractivity contribution >= 4 is 16.3 Å². The van der Waals surface area contributed by atoms with Crippen LogP contribution in [0.2, 0.25) is 0 Å². The summed E-state index contributed by atoms with van der Waals surface area (Å²) in [6.07, 6.45) is -2.37. The lowest BCUT2D eigenvalue weighted by atomic mass is 10.4. The Kier molecular flexibility index (Phi) is 2.01. The lowest BCUT2D eigenvalue weighted by Crippen LogP contribution is -2.20. The van der Waals surface area contributed by atoms with Crippen LogP contribution in [0, 0.1) is 0 Å². The second-order valence-electron chi connectivity index (χ2n) is 2.01. The Morgan fingerprint density at radius 2 is 2.27 bits per heavy atom. The van der Waals surface area contributed by atoms with Crippen LogP contribution in [0.25, 0.3) is 0 Å². The van der Waals surface area contributed by atoms with Crippen LogP contribution in [-0.2, 0) is 19.0 Å². The molecule has 1 rings (SSSR count). The molecule has 0 aromatic carbocycles. The van der Waals surface area contributed by atoms with Gasteiger partial charge >= 0.3 is 6.16 Å². The molecule has 0 amide bonds. The van der Waals surface area contributed by atoms with Gasteiger partial charge in [-0.2, -0.15) is 8.42 Å². The number of carbonyl (C=O) groups is 1. The predicted octanol–water partition coefficient (Wildman–Crippen LogP) is -0.590. The Bertz CT molecular complexity index is 254. The summed E-state index contributed by atoms with van der Waals surface area (Å²) in [6, 6.07) is 0. The molecule has 7 heteroatoms. The molecule has 0 saturated carbocycles. The summed E-state index contributed by atoms with van der Waals surface area (Å²) in [5.41, 5.74) is 0. The number of rotatable bonds is 1. The molecule has 0 aromatic rings. The van der Waals surface area contributed by atoms with Gasteiger partial charge in [0.1, 0.15) is 18.5 Å². The van der Waals surface area contributed by atoms with Crippen LogP contribution in [0.1, 0.15) is 0 Å². The molecule has 1 saturated heterocycles. The fourth-order valence-corrected chi connectivity index (χ4v) is 1.79. The van der Waals surface area contributed by atoms with E-state index in [1.165, 1.54) is 0 Å². The summed E-state index contributed by atoms with van der Waals surface area (Å²) in [5.74, 6) is -0.390. The minimum absolute atomic E-state index is 0.214. The normalized spacial score (nSPS) is 28.2. The number of hydrogen-bond acceptors (Lipinski definition) is 5.